The standard InChI is InChI=1S/C12H18N4O/c1-8-14-5-4-11(16-8)7-15-12(17)9-2-3-10(13)6-9/h4-5,9-10H,2-3,6-7,13H2,1H3,(H,15,17). The second kappa shape index (κ2) is 5.23. The third-order valence-corrected chi connectivity index (χ3v) is 3.12. The van der Waals surface area contributed by atoms with Crippen molar-refractivity contribution in [2.45, 2.75) is 38.8 Å². The van der Waals surface area contributed by atoms with Crippen LogP contribution in [0.25, 0.3) is 0 Å². The number of carbonyl (C=O) groups is 1. The predicted octanol–water partition coefficient (Wildman–Crippen LogP) is 0.529. The molecule has 1 heterocycles. The van der Waals surface area contributed by atoms with E-state index in [2.05, 4.69) is 15.3 Å². The largest absolute Gasteiger partial charge is 0.350 e. The molecule has 1 aliphatic carbocycles. The van der Waals surface area contributed by atoms with Gasteiger partial charge in [-0.3, -0.25) is 4.79 Å². The van der Waals surface area contributed by atoms with Crippen molar-refractivity contribution in [1.29, 1.82) is 0 Å². The van der Waals surface area contributed by atoms with Crippen LogP contribution in [-0.4, -0.2) is 21.9 Å². The summed E-state index contributed by atoms with van der Waals surface area (Å²) in [7, 11) is 0. The molecule has 2 rings (SSSR count). The molecule has 1 amide bonds. The fourth-order valence-electron chi connectivity index (χ4n) is 2.18. The first-order valence-corrected chi connectivity index (χ1v) is 5.97. The Labute approximate surface area is 101 Å². The van der Waals surface area contributed by atoms with E-state index in [4.69, 9.17) is 5.73 Å². The van der Waals surface area contributed by atoms with Crippen LogP contribution in [0.5, 0.6) is 0 Å². The molecule has 0 aliphatic heterocycles. The van der Waals surface area contributed by atoms with Gasteiger partial charge in [-0.2, -0.15) is 0 Å². The number of aryl methyl sites for hydroxylation is 1. The first kappa shape index (κ1) is 12.0. The minimum Gasteiger partial charge on any atom is -0.350 e. The lowest BCUT2D eigenvalue weighted by Gasteiger charge is -2.10. The Morgan fingerprint density at radius 1 is 1.59 bits per heavy atom. The van der Waals surface area contributed by atoms with E-state index in [0.29, 0.717) is 6.54 Å². The molecule has 0 spiro atoms. The topological polar surface area (TPSA) is 80.9 Å². The fourth-order valence-corrected chi connectivity index (χ4v) is 2.18. The van der Waals surface area contributed by atoms with Crippen LogP contribution in [0.15, 0.2) is 12.3 Å². The smallest absolute Gasteiger partial charge is 0.223 e. The molecule has 5 nitrogen and oxygen atoms in total. The number of nitrogens with zero attached hydrogens (tertiary/aromatic N) is 2. The van der Waals surface area contributed by atoms with Crippen molar-refractivity contribution in [2.24, 2.45) is 11.7 Å². The van der Waals surface area contributed by atoms with E-state index in [1.165, 1.54) is 0 Å². The molecule has 3 N–H and O–H groups in total. The molecular formula is C12H18N4O. The summed E-state index contributed by atoms with van der Waals surface area (Å²) in [6.45, 7) is 2.30. The van der Waals surface area contributed by atoms with Crippen LogP contribution in [0, 0.1) is 12.8 Å². The highest BCUT2D eigenvalue weighted by Crippen LogP contribution is 2.24. The van der Waals surface area contributed by atoms with E-state index in [-0.39, 0.29) is 17.9 Å². The van der Waals surface area contributed by atoms with E-state index in [1.807, 2.05) is 13.0 Å². The molecule has 1 aliphatic rings. The second-order valence-corrected chi connectivity index (χ2v) is 4.58. The highest BCUT2D eigenvalue weighted by molar-refractivity contribution is 5.78. The fraction of sp³-hybridized carbons (Fsp3) is 0.583. The van der Waals surface area contributed by atoms with E-state index < -0.39 is 0 Å². The Morgan fingerprint density at radius 3 is 3.06 bits per heavy atom. The Hall–Kier alpha value is -1.49. The van der Waals surface area contributed by atoms with Gasteiger partial charge in [0, 0.05) is 18.2 Å². The van der Waals surface area contributed by atoms with Crippen LogP contribution in [0.3, 0.4) is 0 Å². The number of carbonyl (C=O) groups excluding carboxylic acids is 1. The summed E-state index contributed by atoms with van der Waals surface area (Å²) < 4.78 is 0. The average molecular weight is 234 g/mol. The predicted molar refractivity (Wildman–Crippen MR) is 63.9 cm³/mol. The lowest BCUT2D eigenvalue weighted by molar-refractivity contribution is -0.125. The van der Waals surface area contributed by atoms with Gasteiger partial charge < -0.3 is 11.1 Å². The van der Waals surface area contributed by atoms with Gasteiger partial charge in [-0.25, -0.2) is 9.97 Å². The summed E-state index contributed by atoms with van der Waals surface area (Å²) >= 11 is 0. The minimum absolute atomic E-state index is 0.0768. The Morgan fingerprint density at radius 2 is 2.41 bits per heavy atom. The van der Waals surface area contributed by atoms with Crippen LogP contribution in [-0.2, 0) is 11.3 Å². The Kier molecular flexibility index (Phi) is 3.68. The number of nitrogens with one attached hydrogen (secondary N) is 1. The monoisotopic (exact) mass is 234 g/mol. The van der Waals surface area contributed by atoms with Crippen LogP contribution in [0.2, 0.25) is 0 Å². The molecule has 17 heavy (non-hydrogen) atoms. The second-order valence-electron chi connectivity index (χ2n) is 4.58. The summed E-state index contributed by atoms with van der Waals surface area (Å²) in [5, 5.41) is 2.90. The van der Waals surface area contributed by atoms with Gasteiger partial charge in [0.15, 0.2) is 0 Å². The van der Waals surface area contributed by atoms with Gasteiger partial charge in [0.05, 0.1) is 12.2 Å². The van der Waals surface area contributed by atoms with Gasteiger partial charge in [0.25, 0.3) is 0 Å². The van der Waals surface area contributed by atoms with E-state index in [9.17, 15) is 4.79 Å². The first-order valence-electron chi connectivity index (χ1n) is 5.97. The number of aromatic nitrogens is 2. The van der Waals surface area contributed by atoms with Gasteiger partial charge in [0.1, 0.15) is 5.82 Å². The van der Waals surface area contributed by atoms with Gasteiger partial charge in [-0.1, -0.05) is 0 Å². The highest BCUT2D eigenvalue weighted by atomic mass is 16.1. The number of hydrogen-bond acceptors (Lipinski definition) is 4. The summed E-state index contributed by atoms with van der Waals surface area (Å²) in [5.74, 6) is 0.891. The molecule has 92 valence electrons. The maximum absolute atomic E-state index is 11.8. The van der Waals surface area contributed by atoms with Crippen molar-refractivity contribution >= 4 is 5.91 Å². The third-order valence-electron chi connectivity index (χ3n) is 3.12. The molecule has 0 saturated heterocycles. The van der Waals surface area contributed by atoms with E-state index >= 15 is 0 Å². The summed E-state index contributed by atoms with van der Waals surface area (Å²) in [5.41, 5.74) is 6.63. The van der Waals surface area contributed by atoms with Gasteiger partial charge in [-0.05, 0) is 32.3 Å². The van der Waals surface area contributed by atoms with Crippen LogP contribution in [0.4, 0.5) is 0 Å². The molecule has 5 heteroatoms. The molecular weight excluding hydrogens is 216 g/mol. The SMILES string of the molecule is Cc1nccc(CNC(=O)C2CCC(N)C2)n1. The summed E-state index contributed by atoms with van der Waals surface area (Å²) in [4.78, 5) is 20.1. The number of hydrogen-bond donors (Lipinski definition) is 2. The van der Waals surface area contributed by atoms with E-state index in [0.717, 1.165) is 30.8 Å². The quantitative estimate of drug-likeness (QED) is 0.799. The zero-order valence-electron chi connectivity index (χ0n) is 10.0. The maximum Gasteiger partial charge on any atom is 0.223 e. The number of nitrogens with two attached hydrogens (primary N) is 1. The molecule has 0 radical (unpaired) electrons. The molecule has 1 fully saturated rings. The lowest BCUT2D eigenvalue weighted by atomic mass is 10.1. The average Bonchev–Trinajstić information content (AvgIpc) is 2.73. The highest BCUT2D eigenvalue weighted by Gasteiger charge is 2.27. The normalized spacial score (nSPS) is 23.6. The van der Waals surface area contributed by atoms with Crippen LogP contribution >= 0.6 is 0 Å². The first-order chi connectivity index (χ1) is 8.15. The summed E-state index contributed by atoms with van der Waals surface area (Å²) in [6, 6.07) is 2.00. The molecule has 1 aromatic heterocycles. The molecule has 1 saturated carbocycles. The van der Waals surface area contributed by atoms with Crippen molar-refractivity contribution in [3.8, 4) is 0 Å². The Bertz CT molecular complexity index is 407. The third kappa shape index (κ3) is 3.23. The molecule has 0 aromatic carbocycles. The Balaban J connectivity index is 1.84. The molecule has 2 unspecified atom stereocenters. The van der Waals surface area contributed by atoms with E-state index in [1.54, 1.807) is 6.20 Å². The van der Waals surface area contributed by atoms with Crippen molar-refractivity contribution in [1.82, 2.24) is 15.3 Å². The van der Waals surface area contributed by atoms with Crippen molar-refractivity contribution in [3.05, 3.63) is 23.8 Å². The van der Waals surface area contributed by atoms with Crippen LogP contribution in [0.1, 0.15) is 30.8 Å². The van der Waals surface area contributed by atoms with Crippen LogP contribution < -0.4 is 11.1 Å². The van der Waals surface area contributed by atoms with Crippen molar-refractivity contribution < 1.29 is 4.79 Å². The molecule has 0 bridgehead atoms. The molecule has 1 aromatic rings. The van der Waals surface area contributed by atoms with Crippen molar-refractivity contribution in [3.63, 3.8) is 0 Å². The number of amides is 1. The summed E-state index contributed by atoms with van der Waals surface area (Å²) in [6.07, 6.45) is 4.35. The maximum atomic E-state index is 11.8. The minimum atomic E-state index is 0.0768. The zero-order valence-corrected chi connectivity index (χ0v) is 10.0. The van der Waals surface area contributed by atoms with Gasteiger partial charge in [-0.15, -0.1) is 0 Å². The molecule has 2 atom stereocenters. The number of rotatable bonds is 3. The van der Waals surface area contributed by atoms with Gasteiger partial charge in [0.2, 0.25) is 5.91 Å². The zero-order chi connectivity index (χ0) is 12.3. The van der Waals surface area contributed by atoms with Crippen molar-refractivity contribution in [2.75, 3.05) is 0 Å². The lowest BCUT2D eigenvalue weighted by Crippen LogP contribution is -2.30. The van der Waals surface area contributed by atoms with Gasteiger partial charge >= 0.3 is 0 Å².